The van der Waals surface area contributed by atoms with Crippen LogP contribution in [0.1, 0.15) is 26.0 Å². The van der Waals surface area contributed by atoms with Gasteiger partial charge in [0.05, 0.1) is 26.0 Å². The lowest BCUT2D eigenvalue weighted by atomic mass is 9.83. The lowest BCUT2D eigenvalue weighted by Crippen LogP contribution is -1.92. The first kappa shape index (κ1) is 14.8. The number of benzene rings is 9. The van der Waals surface area contributed by atoms with Gasteiger partial charge < -0.3 is 4.42 Å². The van der Waals surface area contributed by atoms with Crippen molar-refractivity contribution in [3.05, 3.63) is 182 Å². The van der Waals surface area contributed by atoms with Crippen LogP contribution in [0.15, 0.2) is 186 Å². The van der Waals surface area contributed by atoms with E-state index >= 15 is 0 Å². The molecule has 0 saturated heterocycles. The Morgan fingerprint density at radius 2 is 0.898 bits per heavy atom. The highest BCUT2D eigenvalue weighted by atomic mass is 16.3. The first-order chi connectivity index (χ1) is 32.2. The van der Waals surface area contributed by atoms with Crippen molar-refractivity contribution in [2.24, 2.45) is 0 Å². The van der Waals surface area contributed by atoms with Crippen LogP contribution in [-0.4, -0.2) is 0 Å². The summed E-state index contributed by atoms with van der Waals surface area (Å²) in [5.74, 6) is 0. The van der Waals surface area contributed by atoms with Crippen molar-refractivity contribution in [1.82, 2.24) is 0 Å². The Bertz CT molecular complexity index is 3850. The maximum absolute atomic E-state index is 9.93. The summed E-state index contributed by atoms with van der Waals surface area (Å²) in [4.78, 5) is 0. The zero-order valence-corrected chi connectivity index (χ0v) is 25.3. The molecule has 1 aromatic heterocycles. The van der Waals surface area contributed by atoms with Gasteiger partial charge in [-0.1, -0.05) is 175 Å². The summed E-state index contributed by atoms with van der Waals surface area (Å²) in [6, 6.07) is 4.52. The molecule has 1 heteroatoms. The maximum Gasteiger partial charge on any atom is 0.143 e. The van der Waals surface area contributed by atoms with Crippen LogP contribution < -0.4 is 0 Å². The Kier molecular flexibility index (Phi) is 3.34. The summed E-state index contributed by atoms with van der Waals surface area (Å²) in [6.07, 6.45) is 0. The number of rotatable bonds is 4. The fourth-order valence-corrected chi connectivity index (χ4v) is 6.73. The van der Waals surface area contributed by atoms with Gasteiger partial charge in [0.25, 0.3) is 0 Å². The van der Waals surface area contributed by atoms with Crippen LogP contribution in [0.4, 0.5) is 0 Å². The van der Waals surface area contributed by atoms with Crippen LogP contribution in [0.3, 0.4) is 0 Å². The molecule has 9 aromatic carbocycles. The molecule has 0 bridgehead atoms. The van der Waals surface area contributed by atoms with Gasteiger partial charge in [0.2, 0.25) is 0 Å². The normalized spacial score (nSPS) is 17.1. The Morgan fingerprint density at radius 1 is 0.347 bits per heavy atom. The van der Waals surface area contributed by atoms with Gasteiger partial charge in [0, 0.05) is 16.3 Å². The van der Waals surface area contributed by atoms with Gasteiger partial charge in [-0.25, -0.2) is 0 Å². The Balaban J connectivity index is 1.48. The van der Waals surface area contributed by atoms with E-state index in [1.165, 1.54) is 0 Å². The molecule has 1 heterocycles. The third-order valence-corrected chi connectivity index (χ3v) is 8.75. The van der Waals surface area contributed by atoms with Gasteiger partial charge in [-0.3, -0.25) is 0 Å². The van der Waals surface area contributed by atoms with Gasteiger partial charge in [0.15, 0.2) is 0 Å². The van der Waals surface area contributed by atoms with Gasteiger partial charge in [0.1, 0.15) is 11.2 Å². The zero-order chi connectivity index (χ0) is 48.8. The number of hydrogen-bond acceptors (Lipinski definition) is 1. The molecule has 0 N–H and O–H groups in total. The summed E-state index contributed by atoms with van der Waals surface area (Å²) >= 11 is 0. The molecule has 0 aliphatic rings. The molecule has 0 saturated carbocycles. The molecule has 0 spiro atoms. The molecule has 10 aromatic rings. The van der Waals surface area contributed by atoms with Crippen LogP contribution in [0, 0.1) is 0 Å². The molecule has 0 fully saturated rings. The summed E-state index contributed by atoms with van der Waals surface area (Å²) in [7, 11) is 0. The van der Waals surface area contributed by atoms with E-state index in [0.717, 1.165) is 11.1 Å². The Labute approximate surface area is 311 Å². The summed E-state index contributed by atoms with van der Waals surface area (Å²) in [6.45, 7) is 0. The molecule has 0 amide bonds. The number of furan rings is 1. The lowest BCUT2D eigenvalue weighted by Gasteiger charge is -2.19. The summed E-state index contributed by atoms with van der Waals surface area (Å²) in [5, 5.41) is -1.77. The molecule has 0 aliphatic heterocycles. The van der Waals surface area contributed by atoms with Crippen molar-refractivity contribution in [2.45, 2.75) is 0 Å². The highest BCUT2D eigenvalue weighted by Gasteiger charge is 2.21. The highest BCUT2D eigenvalue weighted by molar-refractivity contribution is 6.24. The van der Waals surface area contributed by atoms with Crippen LogP contribution in [0.2, 0.25) is 0 Å². The van der Waals surface area contributed by atoms with E-state index in [9.17, 15) is 11.0 Å². The number of para-hydroxylation sites is 1. The molecule has 0 unspecified atom stereocenters. The third-order valence-electron chi connectivity index (χ3n) is 8.75. The van der Waals surface area contributed by atoms with Gasteiger partial charge in [-0.15, -0.1) is 0 Å². The minimum Gasteiger partial charge on any atom is -0.455 e. The maximum atomic E-state index is 9.93. The third kappa shape index (κ3) is 4.26. The van der Waals surface area contributed by atoms with E-state index in [1.54, 1.807) is 24.3 Å². The molecule has 10 rings (SSSR count). The van der Waals surface area contributed by atoms with Gasteiger partial charge in [-0.2, -0.15) is 0 Å². The minimum absolute atomic E-state index is 0.160. The van der Waals surface area contributed by atoms with Crippen molar-refractivity contribution >= 4 is 54.3 Å². The lowest BCUT2D eigenvalue weighted by molar-refractivity contribution is 0.670. The second kappa shape index (κ2) is 11.1. The van der Waals surface area contributed by atoms with Gasteiger partial charge >= 0.3 is 0 Å². The molecule has 228 valence electrons. The fraction of sp³-hybridized carbons (Fsp3) is 0. The summed E-state index contributed by atoms with van der Waals surface area (Å²) < 4.78 is 179. The van der Waals surface area contributed by atoms with Crippen LogP contribution in [0.5, 0.6) is 0 Å². The van der Waals surface area contributed by atoms with E-state index in [4.69, 9.17) is 19.5 Å². The predicted octanol–water partition coefficient (Wildman–Crippen LogP) is 13.7. The van der Waals surface area contributed by atoms with Crippen LogP contribution in [-0.2, 0) is 0 Å². The molecular formula is C48H30O. The topological polar surface area (TPSA) is 13.1 Å². The summed E-state index contributed by atoms with van der Waals surface area (Å²) in [5.41, 5.74) is 0.0232. The Hall–Kier alpha value is -6.44. The highest BCUT2D eigenvalue weighted by Crippen LogP contribution is 2.47. The minimum atomic E-state index is -0.872. The Morgan fingerprint density at radius 3 is 1.59 bits per heavy atom. The van der Waals surface area contributed by atoms with Crippen molar-refractivity contribution < 1.29 is 30.5 Å². The van der Waals surface area contributed by atoms with E-state index in [1.807, 2.05) is 42.5 Å². The quantitative estimate of drug-likeness (QED) is 0.174. The second-order valence-electron chi connectivity index (χ2n) is 11.3. The number of hydrogen-bond donors (Lipinski definition) is 0. The van der Waals surface area contributed by atoms with Crippen molar-refractivity contribution in [3.8, 4) is 44.5 Å². The first-order valence-electron chi connectivity index (χ1n) is 24.8. The van der Waals surface area contributed by atoms with Crippen LogP contribution in [0.25, 0.3) is 98.8 Å². The predicted molar refractivity (Wildman–Crippen MR) is 208 cm³/mol. The zero-order valence-electron chi connectivity index (χ0n) is 44.3. The van der Waals surface area contributed by atoms with Crippen molar-refractivity contribution in [2.75, 3.05) is 0 Å². The molecule has 0 radical (unpaired) electrons. The fourth-order valence-electron chi connectivity index (χ4n) is 6.73. The average Bonchev–Trinajstić information content (AvgIpc) is 3.73. The molecule has 0 aliphatic carbocycles. The van der Waals surface area contributed by atoms with Gasteiger partial charge in [-0.05, 0) is 77.3 Å². The molecular weight excluding hydrogens is 593 g/mol. The van der Waals surface area contributed by atoms with Crippen LogP contribution >= 0.6 is 0 Å². The smallest absolute Gasteiger partial charge is 0.143 e. The molecule has 0 atom stereocenters. The SMILES string of the molecule is [2H]c1c([2H])c([2H])c(-c2c3c([2H])c([2H])c([2H])c([2H])c3c(-c3c([2H])c([2H])c(-c4cccc5c4oc4cccc(-c6ccccc6)c45)c4c([2H])c([2H])c([2H])c([2H])c34)c3c([2H])c([2H])c([2H])c([2H])c23)c([2H])c1[2H]. The van der Waals surface area contributed by atoms with E-state index in [0.29, 0.717) is 16.4 Å². The first-order valence-corrected chi connectivity index (χ1v) is 15.3. The number of fused-ring (bicyclic) bond motifs is 6. The monoisotopic (exact) mass is 641 g/mol. The van der Waals surface area contributed by atoms with Crippen molar-refractivity contribution in [3.63, 3.8) is 0 Å². The van der Waals surface area contributed by atoms with E-state index in [2.05, 4.69) is 0 Å². The standard InChI is InChI=1S/C48H30O/c1-3-15-31(16-4-1)33-25-14-28-44-47(33)43-27-13-26-42(48(43)49-44)36-29-30-41(35-20-8-7-19-34(35)36)46-39-23-11-9-21-37(39)45(32-17-5-2-6-18-32)38-22-10-12-24-40(38)46/h1-30H/i2D,5D,6D,7D,8D,9D,10D,11D,12D,17D,18D,19D,20D,21D,22D,23D,24D,29D,30D. The van der Waals surface area contributed by atoms with Crippen molar-refractivity contribution in [1.29, 1.82) is 0 Å². The molecule has 1 nitrogen and oxygen atoms in total. The van der Waals surface area contributed by atoms with E-state index < -0.39 is 164 Å². The second-order valence-corrected chi connectivity index (χ2v) is 11.3. The molecule has 49 heavy (non-hydrogen) atoms. The average molecular weight is 642 g/mol. The van der Waals surface area contributed by atoms with E-state index in [-0.39, 0.29) is 22.1 Å². The largest absolute Gasteiger partial charge is 0.455 e.